The van der Waals surface area contributed by atoms with Crippen LogP contribution in [0.1, 0.15) is 38.8 Å². The molecule has 5 nitrogen and oxygen atoms in total. The van der Waals surface area contributed by atoms with Crippen LogP contribution < -0.4 is 0 Å². The van der Waals surface area contributed by atoms with Crippen molar-refractivity contribution in [3.8, 4) is 6.07 Å². The van der Waals surface area contributed by atoms with Gasteiger partial charge in [0.05, 0.1) is 0 Å². The van der Waals surface area contributed by atoms with E-state index in [1.165, 1.54) is 18.3 Å². The summed E-state index contributed by atoms with van der Waals surface area (Å²) in [6, 6.07) is 4.78. The highest BCUT2D eigenvalue weighted by Gasteiger charge is 2.40. The molecule has 0 unspecified atom stereocenters. The number of sulfonamides is 1. The van der Waals surface area contributed by atoms with Crippen LogP contribution in [0, 0.1) is 16.7 Å². The molecule has 0 N–H and O–H groups in total. The molecular formula is C14H19N3O2S. The fourth-order valence-electron chi connectivity index (χ4n) is 2.67. The SMILES string of the molecule is CCC1(CC)CCN(S(=O)(=O)c2ccc(C#N)nc2)C1. The van der Waals surface area contributed by atoms with Gasteiger partial charge in [-0.25, -0.2) is 13.4 Å². The molecule has 0 saturated carbocycles. The molecule has 0 radical (unpaired) electrons. The molecule has 1 aromatic heterocycles. The average Bonchev–Trinajstić information content (AvgIpc) is 2.93. The van der Waals surface area contributed by atoms with E-state index < -0.39 is 10.0 Å². The molecule has 1 saturated heterocycles. The lowest BCUT2D eigenvalue weighted by molar-refractivity contribution is 0.279. The van der Waals surface area contributed by atoms with Gasteiger partial charge in [-0.2, -0.15) is 9.57 Å². The van der Waals surface area contributed by atoms with Crippen LogP contribution in [0.4, 0.5) is 0 Å². The molecule has 2 heterocycles. The zero-order valence-corrected chi connectivity index (χ0v) is 12.7. The first kappa shape index (κ1) is 14.9. The minimum atomic E-state index is -3.49. The van der Waals surface area contributed by atoms with Crippen molar-refractivity contribution in [2.24, 2.45) is 5.41 Å². The highest BCUT2D eigenvalue weighted by atomic mass is 32.2. The molecule has 108 valence electrons. The molecule has 0 amide bonds. The first-order chi connectivity index (χ1) is 9.47. The number of rotatable bonds is 4. The summed E-state index contributed by atoms with van der Waals surface area (Å²) in [5.74, 6) is 0. The van der Waals surface area contributed by atoms with Crippen molar-refractivity contribution in [3.05, 3.63) is 24.0 Å². The number of nitrogens with zero attached hydrogens (tertiary/aromatic N) is 3. The molecule has 0 aromatic carbocycles. The summed E-state index contributed by atoms with van der Waals surface area (Å²) in [6.45, 7) is 5.36. The van der Waals surface area contributed by atoms with Gasteiger partial charge in [-0.1, -0.05) is 13.8 Å². The Kier molecular flexibility index (Phi) is 4.11. The molecule has 20 heavy (non-hydrogen) atoms. The van der Waals surface area contributed by atoms with Gasteiger partial charge in [-0.05, 0) is 36.8 Å². The van der Waals surface area contributed by atoms with E-state index in [2.05, 4.69) is 18.8 Å². The van der Waals surface area contributed by atoms with Crippen molar-refractivity contribution in [2.45, 2.75) is 38.0 Å². The normalized spacial score (nSPS) is 18.9. The van der Waals surface area contributed by atoms with E-state index in [1.807, 2.05) is 6.07 Å². The zero-order chi connectivity index (χ0) is 14.8. The fourth-order valence-corrected chi connectivity index (χ4v) is 4.17. The van der Waals surface area contributed by atoms with E-state index in [1.54, 1.807) is 4.31 Å². The highest BCUT2D eigenvalue weighted by molar-refractivity contribution is 7.89. The number of aromatic nitrogens is 1. The van der Waals surface area contributed by atoms with Gasteiger partial charge < -0.3 is 0 Å². The van der Waals surface area contributed by atoms with Crippen molar-refractivity contribution in [2.75, 3.05) is 13.1 Å². The molecule has 1 fully saturated rings. The van der Waals surface area contributed by atoms with Gasteiger partial charge in [0.1, 0.15) is 16.7 Å². The Balaban J connectivity index is 2.26. The number of nitriles is 1. The van der Waals surface area contributed by atoms with E-state index in [9.17, 15) is 8.42 Å². The van der Waals surface area contributed by atoms with Crippen LogP contribution in [-0.2, 0) is 10.0 Å². The third-order valence-corrected chi connectivity index (χ3v) is 6.22. The lowest BCUT2D eigenvalue weighted by atomic mass is 9.82. The van der Waals surface area contributed by atoms with E-state index in [0.717, 1.165) is 19.3 Å². The van der Waals surface area contributed by atoms with Gasteiger partial charge in [-0.15, -0.1) is 0 Å². The van der Waals surface area contributed by atoms with Gasteiger partial charge in [0, 0.05) is 19.3 Å². The third kappa shape index (κ3) is 2.56. The zero-order valence-electron chi connectivity index (χ0n) is 11.8. The maximum atomic E-state index is 12.6. The summed E-state index contributed by atoms with van der Waals surface area (Å²) < 4.78 is 26.7. The second-order valence-electron chi connectivity index (χ2n) is 5.29. The van der Waals surface area contributed by atoms with Crippen LogP contribution >= 0.6 is 0 Å². The van der Waals surface area contributed by atoms with E-state index >= 15 is 0 Å². The monoisotopic (exact) mass is 293 g/mol. The van der Waals surface area contributed by atoms with Crippen LogP contribution in [0.3, 0.4) is 0 Å². The third-order valence-electron chi connectivity index (χ3n) is 4.39. The largest absolute Gasteiger partial charge is 0.244 e. The lowest BCUT2D eigenvalue weighted by Gasteiger charge is -2.26. The standard InChI is InChI=1S/C14H19N3O2S/c1-3-14(4-2)7-8-17(11-14)20(18,19)13-6-5-12(9-15)16-10-13/h5-6,10H,3-4,7-8,11H2,1-2H3. The summed E-state index contributed by atoms with van der Waals surface area (Å²) in [7, 11) is -3.49. The first-order valence-electron chi connectivity index (χ1n) is 6.84. The van der Waals surface area contributed by atoms with Gasteiger partial charge in [-0.3, -0.25) is 0 Å². The van der Waals surface area contributed by atoms with E-state index in [-0.39, 0.29) is 16.0 Å². The van der Waals surface area contributed by atoms with Gasteiger partial charge >= 0.3 is 0 Å². The Labute approximate surface area is 120 Å². The number of hydrogen-bond donors (Lipinski definition) is 0. The van der Waals surface area contributed by atoms with Crippen LogP contribution in [-0.4, -0.2) is 30.8 Å². The summed E-state index contributed by atoms with van der Waals surface area (Å²) in [5, 5.41) is 8.70. The average molecular weight is 293 g/mol. The Morgan fingerprint density at radius 1 is 1.40 bits per heavy atom. The van der Waals surface area contributed by atoms with Crippen LogP contribution in [0.5, 0.6) is 0 Å². The molecule has 2 rings (SSSR count). The summed E-state index contributed by atoms with van der Waals surface area (Å²) in [5.41, 5.74) is 0.328. The fraction of sp³-hybridized carbons (Fsp3) is 0.571. The molecule has 6 heteroatoms. The molecule has 0 bridgehead atoms. The van der Waals surface area contributed by atoms with Crippen molar-refractivity contribution in [1.82, 2.24) is 9.29 Å². The Morgan fingerprint density at radius 2 is 2.10 bits per heavy atom. The summed E-state index contributed by atoms with van der Waals surface area (Å²) in [6.07, 6.45) is 4.15. The second-order valence-corrected chi connectivity index (χ2v) is 7.22. The molecule has 0 spiro atoms. The van der Waals surface area contributed by atoms with Gasteiger partial charge in [0.2, 0.25) is 10.0 Å². The maximum absolute atomic E-state index is 12.6. The minimum Gasteiger partial charge on any atom is -0.244 e. The molecule has 1 aliphatic rings. The Hall–Kier alpha value is -1.45. The van der Waals surface area contributed by atoms with E-state index in [0.29, 0.717) is 13.1 Å². The quantitative estimate of drug-likeness (QED) is 0.852. The second kappa shape index (κ2) is 5.51. The minimum absolute atomic E-state index is 0.104. The lowest BCUT2D eigenvalue weighted by Crippen LogP contribution is -2.32. The molecule has 1 aliphatic heterocycles. The topological polar surface area (TPSA) is 74.1 Å². The van der Waals surface area contributed by atoms with Crippen molar-refractivity contribution >= 4 is 10.0 Å². The maximum Gasteiger partial charge on any atom is 0.244 e. The smallest absolute Gasteiger partial charge is 0.244 e. The van der Waals surface area contributed by atoms with Crippen molar-refractivity contribution < 1.29 is 8.42 Å². The molecular weight excluding hydrogens is 274 g/mol. The van der Waals surface area contributed by atoms with E-state index in [4.69, 9.17) is 5.26 Å². The van der Waals surface area contributed by atoms with Gasteiger partial charge in [0.15, 0.2) is 0 Å². The molecule has 0 atom stereocenters. The first-order valence-corrected chi connectivity index (χ1v) is 8.28. The molecule has 1 aromatic rings. The van der Waals surface area contributed by atoms with Crippen LogP contribution in [0.25, 0.3) is 0 Å². The van der Waals surface area contributed by atoms with Gasteiger partial charge in [0.25, 0.3) is 0 Å². The summed E-state index contributed by atoms with van der Waals surface area (Å²) in [4.78, 5) is 4.01. The Bertz CT molecular complexity index is 613. The predicted molar refractivity (Wildman–Crippen MR) is 75.3 cm³/mol. The molecule has 0 aliphatic carbocycles. The highest BCUT2D eigenvalue weighted by Crippen LogP contribution is 2.39. The Morgan fingerprint density at radius 3 is 2.55 bits per heavy atom. The number of hydrogen-bond acceptors (Lipinski definition) is 4. The predicted octanol–water partition coefficient (Wildman–Crippen LogP) is 2.15. The van der Waals surface area contributed by atoms with Crippen LogP contribution in [0.2, 0.25) is 0 Å². The van der Waals surface area contributed by atoms with Crippen molar-refractivity contribution in [1.29, 1.82) is 5.26 Å². The summed E-state index contributed by atoms with van der Waals surface area (Å²) >= 11 is 0. The number of pyridine rings is 1. The van der Waals surface area contributed by atoms with Crippen LogP contribution in [0.15, 0.2) is 23.2 Å². The van der Waals surface area contributed by atoms with Crippen molar-refractivity contribution in [3.63, 3.8) is 0 Å².